The number of hydrogen-bond acceptors (Lipinski definition) is 5. The van der Waals surface area contributed by atoms with Gasteiger partial charge in [0.1, 0.15) is 0 Å². The molecule has 0 aliphatic carbocycles. The molecule has 16 heavy (non-hydrogen) atoms. The van der Waals surface area contributed by atoms with Crippen molar-refractivity contribution in [3.8, 4) is 0 Å². The molecule has 0 unspecified atom stereocenters. The monoisotopic (exact) mass is 224 g/mol. The van der Waals surface area contributed by atoms with Crippen molar-refractivity contribution >= 4 is 17.9 Å². The van der Waals surface area contributed by atoms with E-state index >= 15 is 0 Å². The Labute approximate surface area is 89.3 Å². The van der Waals surface area contributed by atoms with E-state index in [1.54, 1.807) is 0 Å². The number of aromatic nitrogens is 2. The van der Waals surface area contributed by atoms with E-state index in [9.17, 15) is 14.4 Å². The molecule has 0 aliphatic rings. The molecule has 0 spiro atoms. The summed E-state index contributed by atoms with van der Waals surface area (Å²) in [6, 6.07) is 0.101. The van der Waals surface area contributed by atoms with Gasteiger partial charge in [-0.2, -0.15) is 4.98 Å². The van der Waals surface area contributed by atoms with Crippen molar-refractivity contribution in [3.05, 3.63) is 35.3 Å². The lowest BCUT2D eigenvalue weighted by atomic mass is 10.6. The number of hydrogen-bond donors (Lipinski definition) is 2. The fraction of sp³-hybridized carbons (Fsp3) is 0. The van der Waals surface area contributed by atoms with Gasteiger partial charge in [0.15, 0.2) is 0 Å². The number of amides is 2. The maximum Gasteiger partial charge on any atom is 0.356 e. The predicted octanol–water partition coefficient (Wildman–Crippen LogP) is -1.12. The molecule has 0 atom stereocenters. The number of urea groups is 1. The number of nitrogens with one attached hydrogen (secondary N) is 1. The third-order valence-corrected chi connectivity index (χ3v) is 1.37. The van der Waals surface area contributed by atoms with E-state index in [1.165, 1.54) is 0 Å². The van der Waals surface area contributed by atoms with E-state index in [0.29, 0.717) is 0 Å². The Hall–Kier alpha value is -2.64. The summed E-state index contributed by atoms with van der Waals surface area (Å²) in [5, 5.41) is 2.02. The highest BCUT2D eigenvalue weighted by Crippen LogP contribution is 1.97. The van der Waals surface area contributed by atoms with Gasteiger partial charge in [-0.15, -0.1) is 4.73 Å². The average molecular weight is 224 g/mol. The summed E-state index contributed by atoms with van der Waals surface area (Å²) in [5.41, 5.74) is 4.22. The van der Waals surface area contributed by atoms with Crippen LogP contribution in [0.5, 0.6) is 0 Å². The van der Waals surface area contributed by atoms with Crippen LogP contribution < -0.4 is 21.4 Å². The van der Waals surface area contributed by atoms with Crippen molar-refractivity contribution in [3.63, 3.8) is 0 Å². The zero-order valence-electron chi connectivity index (χ0n) is 8.04. The minimum atomic E-state index is -0.943. The Kier molecular flexibility index (Phi) is 3.38. The smallest absolute Gasteiger partial charge is 0.351 e. The second-order valence-electron chi connectivity index (χ2n) is 2.52. The van der Waals surface area contributed by atoms with Crippen molar-refractivity contribution in [2.75, 3.05) is 5.32 Å². The van der Waals surface area contributed by atoms with Crippen LogP contribution in [0.4, 0.5) is 10.7 Å². The lowest BCUT2D eigenvalue weighted by molar-refractivity contribution is -0.138. The highest BCUT2D eigenvalue weighted by Gasteiger charge is 2.08. The first-order valence-electron chi connectivity index (χ1n) is 4.04. The largest absolute Gasteiger partial charge is 0.356 e. The van der Waals surface area contributed by atoms with Gasteiger partial charge in [-0.05, 0) is 0 Å². The van der Waals surface area contributed by atoms with Crippen molar-refractivity contribution < 1.29 is 14.4 Å². The topological polar surface area (TPSA) is 116 Å². The Morgan fingerprint density at radius 1 is 1.62 bits per heavy atom. The molecule has 0 saturated heterocycles. The van der Waals surface area contributed by atoms with Gasteiger partial charge in [-0.1, -0.05) is 6.58 Å². The first-order chi connectivity index (χ1) is 7.52. The van der Waals surface area contributed by atoms with Crippen LogP contribution >= 0.6 is 0 Å². The summed E-state index contributed by atoms with van der Waals surface area (Å²) in [4.78, 5) is 40.4. The van der Waals surface area contributed by atoms with Gasteiger partial charge in [-0.25, -0.2) is 9.59 Å². The van der Waals surface area contributed by atoms with E-state index in [0.717, 1.165) is 23.1 Å². The predicted molar refractivity (Wildman–Crippen MR) is 53.5 cm³/mol. The molecule has 1 rings (SSSR count). The van der Waals surface area contributed by atoms with Crippen molar-refractivity contribution in [1.29, 1.82) is 0 Å². The van der Waals surface area contributed by atoms with Crippen LogP contribution in [0.25, 0.3) is 0 Å². The van der Waals surface area contributed by atoms with E-state index < -0.39 is 17.6 Å². The fourth-order valence-electron chi connectivity index (χ4n) is 0.794. The highest BCUT2D eigenvalue weighted by atomic mass is 16.7. The second kappa shape index (κ2) is 4.73. The van der Waals surface area contributed by atoms with Gasteiger partial charge < -0.3 is 10.6 Å². The standard InChI is InChI=1S/C8H8N4O4/c1-2-6(14)16-12-4-3-5(13)10-8(12)11-7(9)15/h2-4H,1H2,(H3,9,10,11,13,15). The van der Waals surface area contributed by atoms with E-state index in [2.05, 4.69) is 16.4 Å². The first kappa shape index (κ1) is 11.4. The lowest BCUT2D eigenvalue weighted by Gasteiger charge is -2.09. The average Bonchev–Trinajstić information content (AvgIpc) is 2.21. The minimum absolute atomic E-state index is 0.296. The fourth-order valence-corrected chi connectivity index (χ4v) is 0.794. The van der Waals surface area contributed by atoms with Gasteiger partial charge in [0, 0.05) is 12.1 Å². The summed E-state index contributed by atoms with van der Waals surface area (Å²) in [5.74, 6) is -1.08. The van der Waals surface area contributed by atoms with Gasteiger partial charge in [0.25, 0.3) is 5.56 Å². The van der Waals surface area contributed by atoms with Crippen LogP contribution in [0, 0.1) is 0 Å². The lowest BCUT2D eigenvalue weighted by Crippen LogP contribution is -2.29. The summed E-state index contributed by atoms with van der Waals surface area (Å²) in [6.45, 7) is 3.18. The number of carbonyl (C=O) groups excluding carboxylic acids is 2. The first-order valence-corrected chi connectivity index (χ1v) is 4.04. The van der Waals surface area contributed by atoms with Crippen LogP contribution in [0.3, 0.4) is 0 Å². The number of nitrogens with two attached hydrogens (primary N) is 1. The number of primary amides is 1. The Morgan fingerprint density at radius 3 is 2.88 bits per heavy atom. The number of anilines is 1. The van der Waals surface area contributed by atoms with Crippen LogP contribution in [-0.4, -0.2) is 21.7 Å². The Morgan fingerprint density at radius 2 is 2.31 bits per heavy atom. The molecule has 0 saturated carbocycles. The van der Waals surface area contributed by atoms with E-state index in [-0.39, 0.29) is 5.95 Å². The third kappa shape index (κ3) is 2.94. The molecule has 0 aliphatic heterocycles. The van der Waals surface area contributed by atoms with Crippen molar-refractivity contribution in [2.45, 2.75) is 0 Å². The minimum Gasteiger partial charge on any atom is -0.351 e. The number of rotatable bonds is 3. The maximum absolute atomic E-state index is 10.9. The molecule has 0 aromatic carbocycles. The molecule has 2 amide bonds. The zero-order valence-corrected chi connectivity index (χ0v) is 8.04. The molecule has 1 heterocycles. The molecule has 8 heteroatoms. The normalized spacial score (nSPS) is 9.25. The van der Waals surface area contributed by atoms with Crippen LogP contribution in [0.1, 0.15) is 0 Å². The molecule has 0 bridgehead atoms. The molecular formula is C8H8N4O4. The van der Waals surface area contributed by atoms with Crippen LogP contribution in [0.15, 0.2) is 29.7 Å². The van der Waals surface area contributed by atoms with Gasteiger partial charge in [0.2, 0.25) is 5.95 Å². The maximum atomic E-state index is 10.9. The molecule has 84 valence electrons. The number of carbonyl (C=O) groups is 2. The summed E-state index contributed by atoms with van der Waals surface area (Å²) in [7, 11) is 0. The molecule has 1 aromatic heterocycles. The molecule has 3 N–H and O–H groups in total. The number of nitrogens with zero attached hydrogens (tertiary/aromatic N) is 2. The van der Waals surface area contributed by atoms with Gasteiger partial charge >= 0.3 is 12.0 Å². The molecular weight excluding hydrogens is 216 g/mol. The highest BCUT2D eigenvalue weighted by molar-refractivity contribution is 5.86. The molecule has 8 nitrogen and oxygen atoms in total. The Bertz CT molecular complexity index is 493. The van der Waals surface area contributed by atoms with E-state index in [1.807, 2.05) is 5.32 Å². The summed E-state index contributed by atoms with van der Waals surface area (Å²) < 4.78 is 0.788. The van der Waals surface area contributed by atoms with Crippen LogP contribution in [0.2, 0.25) is 0 Å². The van der Waals surface area contributed by atoms with Crippen molar-refractivity contribution in [1.82, 2.24) is 9.71 Å². The third-order valence-electron chi connectivity index (χ3n) is 1.37. The quantitative estimate of drug-likeness (QED) is 0.630. The summed E-state index contributed by atoms with van der Waals surface area (Å²) in [6.07, 6.45) is 2.02. The second-order valence-corrected chi connectivity index (χ2v) is 2.52. The van der Waals surface area contributed by atoms with Crippen LogP contribution in [-0.2, 0) is 4.79 Å². The van der Waals surface area contributed by atoms with Gasteiger partial charge in [-0.3, -0.25) is 10.1 Å². The SMILES string of the molecule is C=CC(=O)On1ccc(=O)nc1NC(N)=O. The molecule has 1 aromatic rings. The zero-order chi connectivity index (χ0) is 12.1. The van der Waals surface area contributed by atoms with Gasteiger partial charge in [0.05, 0.1) is 6.20 Å². The van der Waals surface area contributed by atoms with Crippen molar-refractivity contribution in [2.24, 2.45) is 5.73 Å². The molecule has 0 fully saturated rings. The Balaban J connectivity index is 3.06. The molecule has 0 radical (unpaired) electrons. The van der Waals surface area contributed by atoms with E-state index in [4.69, 9.17) is 5.73 Å². The summed E-state index contributed by atoms with van der Waals surface area (Å²) >= 11 is 0.